The van der Waals surface area contributed by atoms with Gasteiger partial charge in [0.05, 0.1) is 11.9 Å². The SMILES string of the molecule is CCCNC(=O)C(C)N(Cc1ccc(Cl)cc1Cl)C(=O)CCCN(c1ccc(F)cc1)S(C)(=O)=O. The summed E-state index contributed by atoms with van der Waals surface area (Å²) in [4.78, 5) is 27.3. The van der Waals surface area contributed by atoms with E-state index in [1.54, 1.807) is 25.1 Å². The van der Waals surface area contributed by atoms with E-state index < -0.39 is 21.9 Å². The number of anilines is 1. The number of amides is 2. The van der Waals surface area contributed by atoms with Crippen LogP contribution in [0, 0.1) is 5.82 Å². The molecular weight excluding hydrogens is 516 g/mol. The topological polar surface area (TPSA) is 86.8 Å². The first-order chi connectivity index (χ1) is 16.4. The molecule has 0 aliphatic carbocycles. The predicted octanol–water partition coefficient (Wildman–Crippen LogP) is 4.62. The average Bonchev–Trinajstić information content (AvgIpc) is 2.79. The third-order valence-corrected chi connectivity index (χ3v) is 7.12. The molecule has 0 saturated heterocycles. The van der Waals surface area contributed by atoms with E-state index in [1.807, 2.05) is 6.92 Å². The number of nitrogens with one attached hydrogen (secondary N) is 1. The van der Waals surface area contributed by atoms with Gasteiger partial charge in [-0.05, 0) is 61.7 Å². The second-order valence-electron chi connectivity index (χ2n) is 8.14. The maximum Gasteiger partial charge on any atom is 0.242 e. The third-order valence-electron chi connectivity index (χ3n) is 5.34. The van der Waals surface area contributed by atoms with Gasteiger partial charge in [0.15, 0.2) is 0 Å². The first-order valence-electron chi connectivity index (χ1n) is 11.2. The molecule has 0 aromatic heterocycles. The highest BCUT2D eigenvalue weighted by Gasteiger charge is 2.27. The molecule has 0 aliphatic rings. The monoisotopic (exact) mass is 545 g/mol. The molecule has 11 heteroatoms. The highest BCUT2D eigenvalue weighted by molar-refractivity contribution is 7.92. The predicted molar refractivity (Wildman–Crippen MR) is 138 cm³/mol. The van der Waals surface area contributed by atoms with Gasteiger partial charge in [0.1, 0.15) is 11.9 Å². The van der Waals surface area contributed by atoms with E-state index in [-0.39, 0.29) is 37.7 Å². The maximum atomic E-state index is 13.3. The zero-order valence-corrected chi connectivity index (χ0v) is 22.3. The van der Waals surface area contributed by atoms with Crippen LogP contribution in [0.1, 0.15) is 38.7 Å². The minimum absolute atomic E-state index is 0.0101. The van der Waals surface area contributed by atoms with Gasteiger partial charge in [-0.3, -0.25) is 13.9 Å². The van der Waals surface area contributed by atoms with Crippen LogP contribution in [0.5, 0.6) is 0 Å². The molecule has 0 saturated carbocycles. The molecule has 192 valence electrons. The normalized spacial score (nSPS) is 12.2. The number of benzene rings is 2. The molecule has 35 heavy (non-hydrogen) atoms. The van der Waals surface area contributed by atoms with E-state index >= 15 is 0 Å². The molecule has 0 aliphatic heterocycles. The van der Waals surface area contributed by atoms with Crippen molar-refractivity contribution in [1.82, 2.24) is 10.2 Å². The second-order valence-corrected chi connectivity index (χ2v) is 10.9. The van der Waals surface area contributed by atoms with Crippen LogP contribution in [0.25, 0.3) is 0 Å². The molecule has 2 aromatic rings. The van der Waals surface area contributed by atoms with Gasteiger partial charge in [-0.2, -0.15) is 0 Å². The minimum Gasteiger partial charge on any atom is -0.354 e. The summed E-state index contributed by atoms with van der Waals surface area (Å²) in [5, 5.41) is 3.61. The number of nitrogens with zero attached hydrogens (tertiary/aromatic N) is 2. The molecule has 2 rings (SSSR count). The van der Waals surface area contributed by atoms with Crippen molar-refractivity contribution in [2.45, 2.75) is 45.7 Å². The Kier molecular flexibility index (Phi) is 10.8. The summed E-state index contributed by atoms with van der Waals surface area (Å²) in [7, 11) is -3.66. The van der Waals surface area contributed by atoms with Crippen molar-refractivity contribution in [3.63, 3.8) is 0 Å². The number of sulfonamides is 1. The molecule has 0 heterocycles. The molecule has 0 fully saturated rings. The lowest BCUT2D eigenvalue weighted by atomic mass is 10.1. The van der Waals surface area contributed by atoms with Crippen LogP contribution in [0.4, 0.5) is 10.1 Å². The van der Waals surface area contributed by atoms with Crippen molar-refractivity contribution in [2.75, 3.05) is 23.7 Å². The highest BCUT2D eigenvalue weighted by Crippen LogP contribution is 2.24. The van der Waals surface area contributed by atoms with Gasteiger partial charge in [-0.15, -0.1) is 0 Å². The van der Waals surface area contributed by atoms with Crippen LogP contribution in [-0.4, -0.2) is 50.5 Å². The summed E-state index contributed by atoms with van der Waals surface area (Å²) in [6, 6.07) is 9.22. The molecule has 0 radical (unpaired) electrons. The Bertz CT molecular complexity index is 1130. The summed E-state index contributed by atoms with van der Waals surface area (Å²) in [6.45, 7) is 4.14. The molecule has 2 aromatic carbocycles. The van der Waals surface area contributed by atoms with Crippen molar-refractivity contribution >= 4 is 50.7 Å². The van der Waals surface area contributed by atoms with Crippen molar-refractivity contribution in [3.8, 4) is 0 Å². The van der Waals surface area contributed by atoms with E-state index in [1.165, 1.54) is 29.2 Å². The molecule has 1 unspecified atom stereocenters. The van der Waals surface area contributed by atoms with E-state index in [9.17, 15) is 22.4 Å². The minimum atomic E-state index is -3.66. The van der Waals surface area contributed by atoms with Crippen LogP contribution >= 0.6 is 23.2 Å². The Labute approximate surface area is 216 Å². The van der Waals surface area contributed by atoms with E-state index in [0.717, 1.165) is 17.0 Å². The number of carbonyl (C=O) groups is 2. The highest BCUT2D eigenvalue weighted by atomic mass is 35.5. The largest absolute Gasteiger partial charge is 0.354 e. The Morgan fingerprint density at radius 2 is 1.77 bits per heavy atom. The quantitative estimate of drug-likeness (QED) is 0.421. The van der Waals surface area contributed by atoms with Crippen molar-refractivity contribution in [3.05, 3.63) is 63.9 Å². The van der Waals surface area contributed by atoms with Gasteiger partial charge < -0.3 is 10.2 Å². The van der Waals surface area contributed by atoms with E-state index in [2.05, 4.69) is 5.32 Å². The first kappa shape index (κ1) is 28.9. The van der Waals surface area contributed by atoms with Crippen LogP contribution < -0.4 is 9.62 Å². The zero-order chi connectivity index (χ0) is 26.2. The maximum absolute atomic E-state index is 13.3. The van der Waals surface area contributed by atoms with Crippen LogP contribution in [0.2, 0.25) is 10.0 Å². The fourth-order valence-electron chi connectivity index (χ4n) is 3.42. The number of halogens is 3. The van der Waals surface area contributed by atoms with Gasteiger partial charge in [0.2, 0.25) is 21.8 Å². The van der Waals surface area contributed by atoms with Gasteiger partial charge in [-0.25, -0.2) is 12.8 Å². The number of carbonyl (C=O) groups excluding carboxylic acids is 2. The summed E-state index contributed by atoms with van der Waals surface area (Å²) in [5.74, 6) is -1.11. The molecule has 7 nitrogen and oxygen atoms in total. The lowest BCUT2D eigenvalue weighted by Gasteiger charge is -2.29. The number of hydrogen-bond acceptors (Lipinski definition) is 4. The van der Waals surface area contributed by atoms with Crippen LogP contribution in [-0.2, 0) is 26.2 Å². The smallest absolute Gasteiger partial charge is 0.242 e. The molecule has 1 N–H and O–H groups in total. The van der Waals surface area contributed by atoms with Gasteiger partial charge in [0.25, 0.3) is 0 Å². The fourth-order valence-corrected chi connectivity index (χ4v) is 4.86. The van der Waals surface area contributed by atoms with Crippen LogP contribution in [0.3, 0.4) is 0 Å². The standard InChI is InChI=1S/C24H30Cl2FN3O4S/c1-4-13-28-24(32)17(2)29(16-18-7-8-19(25)15-22(18)26)23(31)6-5-14-30(35(3,33)34)21-11-9-20(27)10-12-21/h7-12,15,17H,4-6,13-14,16H2,1-3H3,(H,28,32). The Hall–Kier alpha value is -2.36. The number of rotatable bonds is 12. The summed E-state index contributed by atoms with van der Waals surface area (Å²) >= 11 is 12.3. The molecular formula is C24H30Cl2FN3O4S. The van der Waals surface area contributed by atoms with Gasteiger partial charge in [0, 0.05) is 36.1 Å². The van der Waals surface area contributed by atoms with Gasteiger partial charge >= 0.3 is 0 Å². The van der Waals surface area contributed by atoms with Crippen molar-refractivity contribution in [2.24, 2.45) is 0 Å². The number of hydrogen-bond donors (Lipinski definition) is 1. The van der Waals surface area contributed by atoms with E-state index in [4.69, 9.17) is 23.2 Å². The zero-order valence-electron chi connectivity index (χ0n) is 19.9. The second kappa shape index (κ2) is 13.1. The third kappa shape index (κ3) is 8.66. The fraction of sp³-hybridized carbons (Fsp3) is 0.417. The molecule has 0 bridgehead atoms. The Morgan fingerprint density at radius 3 is 2.34 bits per heavy atom. The summed E-state index contributed by atoms with van der Waals surface area (Å²) in [5.41, 5.74) is 0.932. The molecule has 0 spiro atoms. The lowest BCUT2D eigenvalue weighted by Crippen LogP contribution is -2.48. The Balaban J connectivity index is 2.18. The van der Waals surface area contributed by atoms with E-state index in [0.29, 0.717) is 27.8 Å². The molecule has 2 amide bonds. The lowest BCUT2D eigenvalue weighted by molar-refractivity contribution is -0.140. The van der Waals surface area contributed by atoms with Crippen molar-refractivity contribution < 1.29 is 22.4 Å². The Morgan fingerprint density at radius 1 is 1.11 bits per heavy atom. The summed E-state index contributed by atoms with van der Waals surface area (Å²) < 4.78 is 39.0. The average molecular weight is 546 g/mol. The van der Waals surface area contributed by atoms with Crippen molar-refractivity contribution in [1.29, 1.82) is 0 Å². The molecule has 1 atom stereocenters. The van der Waals surface area contributed by atoms with Crippen LogP contribution in [0.15, 0.2) is 42.5 Å². The van der Waals surface area contributed by atoms with Gasteiger partial charge in [-0.1, -0.05) is 36.2 Å². The summed E-state index contributed by atoms with van der Waals surface area (Å²) in [6.07, 6.45) is 1.98. The first-order valence-corrected chi connectivity index (χ1v) is 13.8.